The summed E-state index contributed by atoms with van der Waals surface area (Å²) >= 11 is 11.0. The van der Waals surface area contributed by atoms with Gasteiger partial charge in [0.15, 0.2) is 0 Å². The molecule has 1 heterocycles. The van der Waals surface area contributed by atoms with E-state index in [1.165, 1.54) is 4.88 Å². The Morgan fingerprint density at radius 3 is 2.80 bits per heavy atom. The van der Waals surface area contributed by atoms with Crippen LogP contribution in [0.2, 0.25) is 5.02 Å². The highest BCUT2D eigenvalue weighted by Gasteiger charge is 2.18. The Balaban J connectivity index is 2.09. The molecule has 106 valence electrons. The monoisotopic (exact) mass is 371 g/mol. The first-order valence-corrected chi connectivity index (χ1v) is 8.28. The van der Waals surface area contributed by atoms with Crippen LogP contribution < -0.4 is 0 Å². The fourth-order valence-corrected chi connectivity index (χ4v) is 3.21. The van der Waals surface area contributed by atoms with Gasteiger partial charge in [0, 0.05) is 34.4 Å². The molecule has 0 bridgehead atoms. The van der Waals surface area contributed by atoms with Crippen molar-refractivity contribution < 1.29 is 4.79 Å². The van der Waals surface area contributed by atoms with Gasteiger partial charge in [-0.3, -0.25) is 4.79 Å². The van der Waals surface area contributed by atoms with Gasteiger partial charge in [-0.25, -0.2) is 0 Å². The van der Waals surface area contributed by atoms with Crippen LogP contribution in [0, 0.1) is 0 Å². The first kappa shape index (κ1) is 15.5. The van der Waals surface area contributed by atoms with Crippen molar-refractivity contribution in [1.82, 2.24) is 4.90 Å². The largest absolute Gasteiger partial charge is 0.339 e. The molecule has 2 rings (SSSR count). The molecule has 1 aromatic carbocycles. The lowest BCUT2D eigenvalue weighted by Crippen LogP contribution is -2.36. The number of carbonyl (C=O) groups is 1. The quantitative estimate of drug-likeness (QED) is 0.750. The molecule has 0 N–H and O–H groups in total. The van der Waals surface area contributed by atoms with E-state index in [0.29, 0.717) is 10.6 Å². The number of hydrogen-bond acceptors (Lipinski definition) is 2. The van der Waals surface area contributed by atoms with Crippen molar-refractivity contribution in [3.8, 4) is 0 Å². The minimum Gasteiger partial charge on any atom is -0.339 e. The van der Waals surface area contributed by atoms with Gasteiger partial charge in [-0.1, -0.05) is 17.7 Å². The third-order valence-corrected chi connectivity index (χ3v) is 5.34. The zero-order chi connectivity index (χ0) is 14.7. The van der Waals surface area contributed by atoms with E-state index in [4.69, 9.17) is 11.6 Å². The molecule has 0 saturated carbocycles. The van der Waals surface area contributed by atoms with Gasteiger partial charge in [-0.15, -0.1) is 11.3 Å². The van der Waals surface area contributed by atoms with Crippen LogP contribution in [0.15, 0.2) is 40.2 Å². The second-order valence-electron chi connectivity index (χ2n) is 4.68. The summed E-state index contributed by atoms with van der Waals surface area (Å²) in [7, 11) is 1.84. The van der Waals surface area contributed by atoms with E-state index in [2.05, 4.69) is 34.3 Å². The van der Waals surface area contributed by atoms with Crippen molar-refractivity contribution in [1.29, 1.82) is 0 Å². The molecule has 1 unspecified atom stereocenters. The van der Waals surface area contributed by atoms with Crippen LogP contribution in [-0.4, -0.2) is 23.9 Å². The number of amides is 1. The van der Waals surface area contributed by atoms with Gasteiger partial charge in [0.1, 0.15) is 0 Å². The van der Waals surface area contributed by atoms with E-state index < -0.39 is 0 Å². The van der Waals surface area contributed by atoms with Gasteiger partial charge < -0.3 is 4.90 Å². The maximum Gasteiger partial charge on any atom is 0.253 e. The molecule has 0 saturated heterocycles. The molecule has 0 fully saturated rings. The number of halogens is 2. The zero-order valence-corrected chi connectivity index (χ0v) is 14.4. The number of rotatable bonds is 4. The van der Waals surface area contributed by atoms with Crippen LogP contribution in [0.3, 0.4) is 0 Å². The second-order valence-corrected chi connectivity index (χ2v) is 6.97. The first-order valence-electron chi connectivity index (χ1n) is 6.23. The summed E-state index contributed by atoms with van der Waals surface area (Å²) in [5.41, 5.74) is 0.641. The molecule has 2 nitrogen and oxygen atoms in total. The SMILES string of the molecule is CC(Cc1cccs1)N(C)C(=O)c1ccc(Cl)c(Br)c1. The number of thiophene rings is 1. The standard InChI is InChI=1S/C15H15BrClNOS/c1-10(8-12-4-3-7-20-12)18(2)15(19)11-5-6-14(17)13(16)9-11/h3-7,9-10H,8H2,1-2H3. The van der Waals surface area contributed by atoms with E-state index in [1.54, 1.807) is 34.4 Å². The number of hydrogen-bond donors (Lipinski definition) is 0. The lowest BCUT2D eigenvalue weighted by atomic mass is 10.1. The molecule has 1 aromatic heterocycles. The Labute approximate surface area is 136 Å². The summed E-state index contributed by atoms with van der Waals surface area (Å²) < 4.78 is 0.740. The minimum absolute atomic E-state index is 0.00595. The van der Waals surface area contributed by atoms with Crippen molar-refractivity contribution in [2.45, 2.75) is 19.4 Å². The van der Waals surface area contributed by atoms with E-state index in [-0.39, 0.29) is 11.9 Å². The molecule has 0 aliphatic heterocycles. The highest BCUT2D eigenvalue weighted by atomic mass is 79.9. The van der Waals surface area contributed by atoms with Crippen molar-refractivity contribution >= 4 is 44.8 Å². The van der Waals surface area contributed by atoms with Gasteiger partial charge in [0.2, 0.25) is 0 Å². The van der Waals surface area contributed by atoms with Gasteiger partial charge in [-0.05, 0) is 52.5 Å². The van der Waals surface area contributed by atoms with Gasteiger partial charge in [-0.2, -0.15) is 0 Å². The average molecular weight is 373 g/mol. The maximum atomic E-state index is 12.4. The summed E-state index contributed by atoms with van der Waals surface area (Å²) in [4.78, 5) is 15.5. The predicted molar refractivity (Wildman–Crippen MR) is 88.7 cm³/mol. The summed E-state index contributed by atoms with van der Waals surface area (Å²) in [6.07, 6.45) is 0.870. The molecule has 1 atom stereocenters. The number of likely N-dealkylation sites (N-methyl/N-ethyl adjacent to an activating group) is 1. The number of benzene rings is 1. The molecule has 20 heavy (non-hydrogen) atoms. The van der Waals surface area contributed by atoms with E-state index in [1.807, 2.05) is 13.1 Å². The molecular formula is C15H15BrClNOS. The fourth-order valence-electron chi connectivity index (χ4n) is 1.89. The fraction of sp³-hybridized carbons (Fsp3) is 0.267. The smallest absolute Gasteiger partial charge is 0.253 e. The number of nitrogens with zero attached hydrogens (tertiary/aromatic N) is 1. The van der Waals surface area contributed by atoms with Crippen molar-refractivity contribution in [2.75, 3.05) is 7.05 Å². The van der Waals surface area contributed by atoms with E-state index in [0.717, 1.165) is 10.9 Å². The summed E-state index contributed by atoms with van der Waals surface area (Å²) in [5.74, 6) is 0.00595. The van der Waals surface area contributed by atoms with Crippen molar-refractivity contribution in [3.05, 3.63) is 55.6 Å². The molecule has 1 amide bonds. The normalized spacial score (nSPS) is 12.2. The highest BCUT2D eigenvalue weighted by Crippen LogP contribution is 2.24. The first-order chi connectivity index (χ1) is 9.49. The Hall–Kier alpha value is -0.840. The lowest BCUT2D eigenvalue weighted by molar-refractivity contribution is 0.0744. The van der Waals surface area contributed by atoms with Crippen LogP contribution in [0.5, 0.6) is 0 Å². The van der Waals surface area contributed by atoms with Gasteiger partial charge in [0.05, 0.1) is 5.02 Å². The summed E-state index contributed by atoms with van der Waals surface area (Å²) in [5, 5.41) is 2.66. The predicted octanol–water partition coefficient (Wildman–Crippen LogP) is 4.87. The molecule has 0 aliphatic carbocycles. The van der Waals surface area contributed by atoms with Crippen LogP contribution in [0.25, 0.3) is 0 Å². The van der Waals surface area contributed by atoms with Crippen LogP contribution in [0.4, 0.5) is 0 Å². The van der Waals surface area contributed by atoms with Crippen molar-refractivity contribution in [3.63, 3.8) is 0 Å². The molecule has 0 spiro atoms. The topological polar surface area (TPSA) is 20.3 Å². The molecule has 5 heteroatoms. The third-order valence-electron chi connectivity index (χ3n) is 3.22. The van der Waals surface area contributed by atoms with E-state index >= 15 is 0 Å². The van der Waals surface area contributed by atoms with E-state index in [9.17, 15) is 4.79 Å². The Morgan fingerprint density at radius 2 is 2.20 bits per heavy atom. The summed E-state index contributed by atoms with van der Waals surface area (Å²) in [6.45, 7) is 2.06. The number of carbonyl (C=O) groups excluding carboxylic acids is 1. The average Bonchev–Trinajstić information content (AvgIpc) is 2.93. The van der Waals surface area contributed by atoms with Gasteiger partial charge >= 0.3 is 0 Å². The minimum atomic E-state index is 0.00595. The maximum absolute atomic E-state index is 12.4. The molecule has 0 aliphatic rings. The van der Waals surface area contributed by atoms with Crippen LogP contribution in [-0.2, 0) is 6.42 Å². The van der Waals surface area contributed by atoms with Crippen LogP contribution in [0.1, 0.15) is 22.2 Å². The molecular weight excluding hydrogens is 358 g/mol. The summed E-state index contributed by atoms with van der Waals surface area (Å²) in [6, 6.07) is 9.53. The highest BCUT2D eigenvalue weighted by molar-refractivity contribution is 9.10. The van der Waals surface area contributed by atoms with Crippen LogP contribution >= 0.6 is 38.9 Å². The Bertz CT molecular complexity index is 600. The Morgan fingerprint density at radius 1 is 1.45 bits per heavy atom. The lowest BCUT2D eigenvalue weighted by Gasteiger charge is -2.25. The van der Waals surface area contributed by atoms with Crippen molar-refractivity contribution in [2.24, 2.45) is 0 Å². The molecule has 0 radical (unpaired) electrons. The third kappa shape index (κ3) is 3.62. The van der Waals surface area contributed by atoms with Gasteiger partial charge in [0.25, 0.3) is 5.91 Å². The zero-order valence-electron chi connectivity index (χ0n) is 11.3. The Kier molecular flexibility index (Phi) is 5.24. The second kappa shape index (κ2) is 6.74. The molecule has 2 aromatic rings.